The highest BCUT2D eigenvalue weighted by Crippen LogP contribution is 2.43. The fourth-order valence-electron chi connectivity index (χ4n) is 4.93. The lowest BCUT2D eigenvalue weighted by Gasteiger charge is -2.26. The molecule has 1 N–H and O–H groups in total. The number of furan rings is 1. The molecule has 1 aliphatic rings. The molecule has 5 aromatic rings. The molecular formula is C33H27N3O5S. The number of carbonyl (C=O) groups excluding carboxylic acids is 1. The maximum Gasteiger partial charge on any atom is 0.337 e. The molecule has 0 amide bonds. The zero-order valence-electron chi connectivity index (χ0n) is 22.9. The number of carbonyl (C=O) groups is 1. The summed E-state index contributed by atoms with van der Waals surface area (Å²) in [6.45, 7) is 0. The zero-order chi connectivity index (χ0) is 29.1. The van der Waals surface area contributed by atoms with Crippen molar-refractivity contribution in [3.8, 4) is 28.6 Å². The van der Waals surface area contributed by atoms with Crippen molar-refractivity contribution in [1.29, 1.82) is 0 Å². The number of benzene rings is 3. The molecule has 1 fully saturated rings. The second-order valence-corrected chi connectivity index (χ2v) is 9.93. The fraction of sp³-hybridized carbons (Fsp3) is 0.121. The number of anilines is 1. The molecule has 42 heavy (non-hydrogen) atoms. The summed E-state index contributed by atoms with van der Waals surface area (Å²) in [6.07, 6.45) is 1.77. The highest BCUT2D eigenvalue weighted by atomic mass is 32.1. The van der Waals surface area contributed by atoms with Crippen molar-refractivity contribution in [1.82, 2.24) is 10.3 Å². The number of ether oxygens (including phenoxy) is 3. The number of nitrogens with one attached hydrogen (secondary N) is 1. The molecule has 3 aromatic carbocycles. The van der Waals surface area contributed by atoms with E-state index in [1.54, 1.807) is 25.4 Å². The minimum atomic E-state index is -0.388. The molecule has 1 saturated heterocycles. The Morgan fingerprint density at radius 3 is 2.19 bits per heavy atom. The summed E-state index contributed by atoms with van der Waals surface area (Å²) in [5.74, 6) is 3.15. The maximum absolute atomic E-state index is 11.9. The van der Waals surface area contributed by atoms with Crippen molar-refractivity contribution in [2.45, 2.75) is 12.1 Å². The van der Waals surface area contributed by atoms with E-state index in [1.165, 1.54) is 7.11 Å². The van der Waals surface area contributed by atoms with Crippen LogP contribution in [0, 0.1) is 0 Å². The van der Waals surface area contributed by atoms with Crippen LogP contribution in [0.15, 0.2) is 114 Å². The van der Waals surface area contributed by atoms with E-state index in [1.807, 2.05) is 95.9 Å². The third kappa shape index (κ3) is 5.42. The smallest absolute Gasteiger partial charge is 0.337 e. The molecule has 0 bridgehead atoms. The van der Waals surface area contributed by atoms with Crippen molar-refractivity contribution in [3.63, 3.8) is 0 Å². The summed E-state index contributed by atoms with van der Waals surface area (Å²) in [4.78, 5) is 18.5. The van der Waals surface area contributed by atoms with E-state index in [0.717, 1.165) is 22.7 Å². The molecule has 9 heteroatoms. The number of hydrogen-bond acceptors (Lipinski definition) is 7. The van der Waals surface area contributed by atoms with Crippen molar-refractivity contribution in [2.24, 2.45) is 0 Å². The number of pyridine rings is 1. The number of methoxy groups -OCH3 is 2. The molecule has 210 valence electrons. The second-order valence-electron chi connectivity index (χ2n) is 9.54. The molecular weight excluding hydrogens is 550 g/mol. The van der Waals surface area contributed by atoms with Crippen LogP contribution in [-0.4, -0.2) is 30.3 Å². The van der Waals surface area contributed by atoms with Gasteiger partial charge in [-0.25, -0.2) is 4.79 Å². The normalized spacial score (nSPS) is 16.1. The van der Waals surface area contributed by atoms with Gasteiger partial charge in [-0.1, -0.05) is 18.2 Å². The highest BCUT2D eigenvalue weighted by molar-refractivity contribution is 7.80. The summed E-state index contributed by atoms with van der Waals surface area (Å²) in [7, 11) is 2.99. The average Bonchev–Trinajstić information content (AvgIpc) is 3.67. The van der Waals surface area contributed by atoms with Gasteiger partial charge in [-0.3, -0.25) is 4.98 Å². The standard InChI is InChI=1S/C33H27N3O5S/c1-38-24-14-16-26(17-15-24)40-25-12-10-23(11-13-25)36-31(30(35-33(36)42)27-5-3-4-20-34-27)29-19-18-28(41-29)21-6-8-22(9-7-21)32(37)39-2/h3-20,30-31H,1-2H3,(H,35,42)/t30-,31+/m1/s1. The van der Waals surface area contributed by atoms with E-state index >= 15 is 0 Å². The van der Waals surface area contributed by atoms with Crippen LogP contribution in [0.4, 0.5) is 5.69 Å². The molecule has 3 heterocycles. The first-order valence-corrected chi connectivity index (χ1v) is 13.7. The molecule has 8 nitrogen and oxygen atoms in total. The predicted octanol–water partition coefficient (Wildman–Crippen LogP) is 7.11. The Morgan fingerprint density at radius 1 is 0.857 bits per heavy atom. The summed E-state index contributed by atoms with van der Waals surface area (Å²) in [6, 6.07) is 31.4. The molecule has 0 spiro atoms. The Bertz CT molecular complexity index is 1690. The number of esters is 1. The van der Waals surface area contributed by atoms with Gasteiger partial charge in [-0.15, -0.1) is 0 Å². The Kier molecular flexibility index (Phi) is 7.57. The first-order valence-electron chi connectivity index (χ1n) is 13.2. The Hall–Kier alpha value is -5.15. The predicted molar refractivity (Wildman–Crippen MR) is 163 cm³/mol. The van der Waals surface area contributed by atoms with Gasteiger partial charge in [0, 0.05) is 17.4 Å². The van der Waals surface area contributed by atoms with Crippen LogP contribution in [0.3, 0.4) is 0 Å². The number of nitrogens with zero attached hydrogens (tertiary/aromatic N) is 2. The SMILES string of the molecule is COC(=O)c1ccc(-c2ccc([C@H]3[C@@H](c4ccccn4)NC(=S)N3c3ccc(Oc4ccc(OC)cc4)cc3)o2)cc1. The van der Waals surface area contributed by atoms with Gasteiger partial charge in [0.25, 0.3) is 0 Å². The van der Waals surface area contributed by atoms with E-state index in [4.69, 9.17) is 30.8 Å². The molecule has 0 aliphatic carbocycles. The topological polar surface area (TPSA) is 86.1 Å². The number of thiocarbonyl (C=S) groups is 1. The summed E-state index contributed by atoms with van der Waals surface area (Å²) in [5, 5.41) is 4.00. The minimum absolute atomic E-state index is 0.255. The van der Waals surface area contributed by atoms with Gasteiger partial charge in [0.05, 0.1) is 31.5 Å². The van der Waals surface area contributed by atoms with E-state index in [-0.39, 0.29) is 18.1 Å². The van der Waals surface area contributed by atoms with Crippen LogP contribution in [0.25, 0.3) is 11.3 Å². The quantitative estimate of drug-likeness (QED) is 0.153. The van der Waals surface area contributed by atoms with Crippen LogP contribution in [0.1, 0.15) is 33.9 Å². The minimum Gasteiger partial charge on any atom is -0.497 e. The van der Waals surface area contributed by atoms with Gasteiger partial charge < -0.3 is 28.8 Å². The Balaban J connectivity index is 1.31. The van der Waals surface area contributed by atoms with Gasteiger partial charge in [0.1, 0.15) is 34.8 Å². The Morgan fingerprint density at radius 2 is 1.55 bits per heavy atom. The molecule has 6 rings (SSSR count). The van der Waals surface area contributed by atoms with E-state index in [2.05, 4.69) is 10.3 Å². The molecule has 0 radical (unpaired) electrons. The van der Waals surface area contributed by atoms with Crippen LogP contribution in [0.2, 0.25) is 0 Å². The highest BCUT2D eigenvalue weighted by Gasteiger charge is 2.42. The summed E-state index contributed by atoms with van der Waals surface area (Å²) in [5.41, 5.74) is 3.02. The average molecular weight is 578 g/mol. The number of rotatable bonds is 8. The molecule has 0 saturated carbocycles. The summed E-state index contributed by atoms with van der Waals surface area (Å²) >= 11 is 5.85. The van der Waals surface area contributed by atoms with E-state index in [9.17, 15) is 4.79 Å². The van der Waals surface area contributed by atoms with Crippen LogP contribution < -0.4 is 19.7 Å². The van der Waals surface area contributed by atoms with Crippen LogP contribution in [0.5, 0.6) is 17.2 Å². The number of aromatic nitrogens is 1. The second kappa shape index (κ2) is 11.8. The molecule has 1 aliphatic heterocycles. The Labute approximate surface area is 248 Å². The van der Waals surface area contributed by atoms with Gasteiger partial charge >= 0.3 is 5.97 Å². The van der Waals surface area contributed by atoms with Crippen molar-refractivity contribution >= 4 is 29.0 Å². The lowest BCUT2D eigenvalue weighted by atomic mass is 10.0. The number of hydrogen-bond donors (Lipinski definition) is 1. The van der Waals surface area contributed by atoms with Crippen molar-refractivity contribution in [3.05, 3.63) is 126 Å². The largest absolute Gasteiger partial charge is 0.497 e. The van der Waals surface area contributed by atoms with Gasteiger partial charge in [-0.2, -0.15) is 0 Å². The van der Waals surface area contributed by atoms with Crippen molar-refractivity contribution in [2.75, 3.05) is 19.1 Å². The van der Waals surface area contributed by atoms with E-state index < -0.39 is 0 Å². The van der Waals surface area contributed by atoms with Gasteiger partial charge in [-0.05, 0) is 97.1 Å². The zero-order valence-corrected chi connectivity index (χ0v) is 23.7. The van der Waals surface area contributed by atoms with Crippen LogP contribution >= 0.6 is 12.2 Å². The third-order valence-corrected chi connectivity index (χ3v) is 7.33. The van der Waals surface area contributed by atoms with Crippen molar-refractivity contribution < 1.29 is 23.4 Å². The molecule has 2 atom stereocenters. The van der Waals surface area contributed by atoms with Crippen LogP contribution in [-0.2, 0) is 4.74 Å². The van der Waals surface area contributed by atoms with E-state index in [0.29, 0.717) is 33.7 Å². The van der Waals surface area contributed by atoms with Gasteiger partial charge in [0.15, 0.2) is 5.11 Å². The molecule has 2 aromatic heterocycles. The first kappa shape index (κ1) is 27.0. The third-order valence-electron chi connectivity index (χ3n) is 7.02. The first-order chi connectivity index (χ1) is 20.5. The van der Waals surface area contributed by atoms with Gasteiger partial charge in [0.2, 0.25) is 0 Å². The monoisotopic (exact) mass is 577 g/mol. The molecule has 0 unspecified atom stereocenters. The summed E-state index contributed by atoms with van der Waals surface area (Å²) < 4.78 is 22.5. The lowest BCUT2D eigenvalue weighted by Crippen LogP contribution is -2.29. The fourth-order valence-corrected chi connectivity index (χ4v) is 5.28. The maximum atomic E-state index is 11.9. The lowest BCUT2D eigenvalue weighted by molar-refractivity contribution is 0.0600.